The minimum absolute atomic E-state index is 0.0407. The van der Waals surface area contributed by atoms with Crippen LogP contribution in [0.5, 0.6) is 0 Å². The maximum Gasteiger partial charge on any atom is 0.234 e. The molecule has 0 spiro atoms. The van der Waals surface area contributed by atoms with Gasteiger partial charge in [-0.25, -0.2) is 0 Å². The van der Waals surface area contributed by atoms with Crippen LogP contribution in [0.25, 0.3) is 5.57 Å². The quantitative estimate of drug-likeness (QED) is 0.912. The average molecular weight is 320 g/mol. The molecule has 1 aliphatic rings. The monoisotopic (exact) mass is 320 g/mol. The van der Waals surface area contributed by atoms with Crippen molar-refractivity contribution in [1.29, 1.82) is 0 Å². The van der Waals surface area contributed by atoms with Gasteiger partial charge in [-0.3, -0.25) is 9.69 Å². The zero-order valence-corrected chi connectivity index (χ0v) is 14.1. The maximum atomic E-state index is 12.3. The van der Waals surface area contributed by atoms with Crippen LogP contribution in [0.4, 0.5) is 0 Å². The Bertz CT molecular complexity index is 694. The number of hydrogen-bond donors (Lipinski definition) is 1. The molecule has 0 fully saturated rings. The van der Waals surface area contributed by atoms with E-state index >= 15 is 0 Å². The molecule has 3 heteroatoms. The van der Waals surface area contributed by atoms with Gasteiger partial charge in [0.2, 0.25) is 5.91 Å². The van der Waals surface area contributed by atoms with E-state index in [0.29, 0.717) is 6.54 Å². The van der Waals surface area contributed by atoms with Gasteiger partial charge in [0.1, 0.15) is 0 Å². The highest BCUT2D eigenvalue weighted by molar-refractivity contribution is 5.78. The van der Waals surface area contributed by atoms with Crippen LogP contribution in [0.2, 0.25) is 0 Å². The molecule has 124 valence electrons. The van der Waals surface area contributed by atoms with Crippen LogP contribution in [-0.2, 0) is 4.79 Å². The van der Waals surface area contributed by atoms with Crippen LogP contribution in [-0.4, -0.2) is 30.4 Å². The van der Waals surface area contributed by atoms with Gasteiger partial charge in [0.05, 0.1) is 12.6 Å². The van der Waals surface area contributed by atoms with E-state index in [9.17, 15) is 4.79 Å². The molecule has 3 rings (SSSR count). The zero-order chi connectivity index (χ0) is 16.8. The third kappa shape index (κ3) is 4.33. The van der Waals surface area contributed by atoms with Crippen LogP contribution >= 0.6 is 0 Å². The highest BCUT2D eigenvalue weighted by Crippen LogP contribution is 2.21. The van der Waals surface area contributed by atoms with E-state index in [-0.39, 0.29) is 11.9 Å². The van der Waals surface area contributed by atoms with Crippen LogP contribution in [0.15, 0.2) is 66.7 Å². The van der Waals surface area contributed by atoms with Gasteiger partial charge in [0.15, 0.2) is 0 Å². The van der Waals surface area contributed by atoms with Gasteiger partial charge in [-0.15, -0.1) is 0 Å². The van der Waals surface area contributed by atoms with Crippen LogP contribution in [0.1, 0.15) is 30.5 Å². The van der Waals surface area contributed by atoms with E-state index in [2.05, 4.69) is 40.6 Å². The summed E-state index contributed by atoms with van der Waals surface area (Å²) in [7, 11) is 0. The second kappa shape index (κ2) is 7.93. The SMILES string of the molecule is C[C@H](NC(=O)CN1CC=C(c2ccccc2)CC1)c1ccccc1. The Hall–Kier alpha value is -2.39. The number of amides is 1. The Labute approximate surface area is 144 Å². The third-order valence-electron chi connectivity index (χ3n) is 4.48. The summed E-state index contributed by atoms with van der Waals surface area (Å²) < 4.78 is 0. The van der Waals surface area contributed by atoms with Gasteiger partial charge in [-0.1, -0.05) is 66.7 Å². The molecular weight excluding hydrogens is 296 g/mol. The number of nitrogens with zero attached hydrogens (tertiary/aromatic N) is 1. The van der Waals surface area contributed by atoms with Crippen molar-refractivity contribution >= 4 is 11.5 Å². The smallest absolute Gasteiger partial charge is 0.234 e. The largest absolute Gasteiger partial charge is 0.348 e. The Morgan fingerprint density at radius 1 is 1.08 bits per heavy atom. The lowest BCUT2D eigenvalue weighted by Crippen LogP contribution is -2.40. The fraction of sp³-hybridized carbons (Fsp3) is 0.286. The predicted octanol–water partition coefficient (Wildman–Crippen LogP) is 3.65. The summed E-state index contributed by atoms with van der Waals surface area (Å²) in [6.07, 6.45) is 3.23. The van der Waals surface area contributed by atoms with E-state index in [1.54, 1.807) is 0 Å². The molecule has 1 atom stereocenters. The van der Waals surface area contributed by atoms with Gasteiger partial charge in [0, 0.05) is 13.1 Å². The highest BCUT2D eigenvalue weighted by atomic mass is 16.2. The first-order chi connectivity index (χ1) is 11.7. The van der Waals surface area contributed by atoms with Gasteiger partial charge in [0.25, 0.3) is 0 Å². The molecule has 3 nitrogen and oxygen atoms in total. The Morgan fingerprint density at radius 2 is 1.75 bits per heavy atom. The molecule has 0 saturated carbocycles. The molecule has 24 heavy (non-hydrogen) atoms. The molecule has 0 aromatic heterocycles. The molecule has 0 aliphatic carbocycles. The number of hydrogen-bond acceptors (Lipinski definition) is 2. The van der Waals surface area contributed by atoms with Crippen LogP contribution < -0.4 is 5.32 Å². The highest BCUT2D eigenvalue weighted by Gasteiger charge is 2.17. The van der Waals surface area contributed by atoms with Crippen molar-refractivity contribution in [3.05, 3.63) is 77.9 Å². The predicted molar refractivity (Wildman–Crippen MR) is 98.5 cm³/mol. The van der Waals surface area contributed by atoms with Crippen molar-refractivity contribution < 1.29 is 4.79 Å². The minimum Gasteiger partial charge on any atom is -0.348 e. The van der Waals surface area contributed by atoms with E-state index in [1.807, 2.05) is 43.3 Å². The Balaban J connectivity index is 1.51. The Morgan fingerprint density at radius 3 is 2.38 bits per heavy atom. The van der Waals surface area contributed by atoms with Gasteiger partial charge in [-0.05, 0) is 30.0 Å². The summed E-state index contributed by atoms with van der Waals surface area (Å²) in [5.41, 5.74) is 3.81. The molecule has 1 amide bonds. The van der Waals surface area contributed by atoms with Crippen molar-refractivity contribution in [3.63, 3.8) is 0 Å². The molecule has 1 aliphatic heterocycles. The molecular formula is C21H24N2O. The van der Waals surface area contributed by atoms with Gasteiger partial charge in [-0.2, -0.15) is 0 Å². The van der Waals surface area contributed by atoms with Crippen molar-refractivity contribution in [3.8, 4) is 0 Å². The third-order valence-corrected chi connectivity index (χ3v) is 4.48. The second-order valence-corrected chi connectivity index (χ2v) is 6.28. The summed E-state index contributed by atoms with van der Waals surface area (Å²) in [5, 5.41) is 3.09. The van der Waals surface area contributed by atoms with Crippen molar-refractivity contribution in [1.82, 2.24) is 10.2 Å². The summed E-state index contributed by atoms with van der Waals surface area (Å²) in [4.78, 5) is 14.5. The number of benzene rings is 2. The molecule has 0 radical (unpaired) electrons. The second-order valence-electron chi connectivity index (χ2n) is 6.28. The standard InChI is InChI=1S/C21H24N2O/c1-17(18-8-4-2-5-9-18)22-21(24)16-23-14-12-20(13-15-23)19-10-6-3-7-11-19/h2-12,17H,13-16H2,1H3,(H,22,24)/t17-/m0/s1. The fourth-order valence-electron chi connectivity index (χ4n) is 3.08. The van der Waals surface area contributed by atoms with Crippen molar-refractivity contribution in [2.45, 2.75) is 19.4 Å². The number of rotatable bonds is 5. The minimum atomic E-state index is 0.0407. The molecule has 0 unspecified atom stereocenters. The van der Waals surface area contributed by atoms with E-state index < -0.39 is 0 Å². The summed E-state index contributed by atoms with van der Waals surface area (Å²) in [5.74, 6) is 0.0860. The first kappa shape index (κ1) is 16.5. The van der Waals surface area contributed by atoms with Crippen LogP contribution in [0, 0.1) is 0 Å². The van der Waals surface area contributed by atoms with Gasteiger partial charge >= 0.3 is 0 Å². The van der Waals surface area contributed by atoms with Gasteiger partial charge < -0.3 is 5.32 Å². The van der Waals surface area contributed by atoms with Crippen molar-refractivity contribution in [2.75, 3.05) is 19.6 Å². The summed E-state index contributed by atoms with van der Waals surface area (Å²) in [6, 6.07) is 20.6. The zero-order valence-electron chi connectivity index (χ0n) is 14.1. The lowest BCUT2D eigenvalue weighted by Gasteiger charge is -2.26. The summed E-state index contributed by atoms with van der Waals surface area (Å²) >= 11 is 0. The molecule has 1 heterocycles. The van der Waals surface area contributed by atoms with E-state index in [4.69, 9.17) is 0 Å². The molecule has 2 aromatic rings. The number of nitrogens with one attached hydrogen (secondary N) is 1. The molecule has 2 aromatic carbocycles. The summed E-state index contributed by atoms with van der Waals surface area (Å²) in [6.45, 7) is 4.23. The number of carbonyl (C=O) groups is 1. The lowest BCUT2D eigenvalue weighted by molar-refractivity contribution is -0.122. The topological polar surface area (TPSA) is 32.3 Å². The average Bonchev–Trinajstić information content (AvgIpc) is 2.64. The molecule has 0 saturated heterocycles. The lowest BCUT2D eigenvalue weighted by atomic mass is 9.99. The molecule has 1 N–H and O–H groups in total. The Kier molecular flexibility index (Phi) is 5.44. The van der Waals surface area contributed by atoms with E-state index in [0.717, 1.165) is 25.1 Å². The first-order valence-electron chi connectivity index (χ1n) is 8.53. The van der Waals surface area contributed by atoms with Crippen molar-refractivity contribution in [2.24, 2.45) is 0 Å². The fourth-order valence-corrected chi connectivity index (χ4v) is 3.08. The maximum absolute atomic E-state index is 12.3. The molecule has 0 bridgehead atoms. The number of carbonyl (C=O) groups excluding carboxylic acids is 1. The van der Waals surface area contributed by atoms with Crippen LogP contribution in [0.3, 0.4) is 0 Å². The normalized spacial score (nSPS) is 16.3. The first-order valence-corrected chi connectivity index (χ1v) is 8.53. The van der Waals surface area contributed by atoms with E-state index in [1.165, 1.54) is 11.1 Å².